The Morgan fingerprint density at radius 1 is 1.33 bits per heavy atom. The van der Waals surface area contributed by atoms with Crippen LogP contribution < -0.4 is 10.6 Å². The van der Waals surface area contributed by atoms with Gasteiger partial charge in [-0.1, -0.05) is 0 Å². The summed E-state index contributed by atoms with van der Waals surface area (Å²) >= 11 is 5.51. The van der Waals surface area contributed by atoms with Gasteiger partial charge in [0.25, 0.3) is 5.91 Å². The summed E-state index contributed by atoms with van der Waals surface area (Å²) in [5.74, 6) is -0.0175. The molecule has 21 heavy (non-hydrogen) atoms. The average molecular weight is 306 g/mol. The molecule has 0 radical (unpaired) electrons. The molecule has 2 N–H and O–H groups in total. The van der Waals surface area contributed by atoms with Crippen molar-refractivity contribution in [2.24, 2.45) is 0 Å². The highest BCUT2D eigenvalue weighted by Gasteiger charge is 2.07. The Morgan fingerprint density at radius 3 is 2.52 bits per heavy atom. The molecular weight excluding hydrogens is 290 g/mol. The summed E-state index contributed by atoms with van der Waals surface area (Å²) < 4.78 is 0. The highest BCUT2D eigenvalue weighted by atomic mass is 35.5. The molecule has 0 spiro atoms. The SMILES string of the molecule is CC(=O)c1ccc(N/C=C(/C#N)C(=O)NCCCCl)cc1. The molecule has 0 aliphatic carbocycles. The lowest BCUT2D eigenvalue weighted by Gasteiger charge is -2.04. The number of hydrogen-bond acceptors (Lipinski definition) is 4. The summed E-state index contributed by atoms with van der Waals surface area (Å²) in [4.78, 5) is 22.8. The van der Waals surface area contributed by atoms with Gasteiger partial charge in [-0.15, -0.1) is 11.6 Å². The Morgan fingerprint density at radius 2 is 2.00 bits per heavy atom. The fraction of sp³-hybridized carbons (Fsp3) is 0.267. The van der Waals surface area contributed by atoms with E-state index in [0.29, 0.717) is 30.1 Å². The fourth-order valence-corrected chi connectivity index (χ4v) is 1.60. The molecule has 1 aromatic rings. The third kappa shape index (κ3) is 5.67. The van der Waals surface area contributed by atoms with E-state index in [9.17, 15) is 9.59 Å². The Kier molecular flexibility index (Phi) is 6.99. The second-order valence-electron chi connectivity index (χ2n) is 4.25. The molecule has 0 saturated carbocycles. The van der Waals surface area contributed by atoms with Crippen LogP contribution in [0.5, 0.6) is 0 Å². The lowest BCUT2D eigenvalue weighted by Crippen LogP contribution is -2.26. The van der Waals surface area contributed by atoms with Crippen molar-refractivity contribution in [2.45, 2.75) is 13.3 Å². The molecule has 0 fully saturated rings. The van der Waals surface area contributed by atoms with Crippen molar-refractivity contribution >= 4 is 29.0 Å². The van der Waals surface area contributed by atoms with Crippen molar-refractivity contribution in [2.75, 3.05) is 17.7 Å². The maximum atomic E-state index is 11.7. The van der Waals surface area contributed by atoms with Gasteiger partial charge >= 0.3 is 0 Å². The van der Waals surface area contributed by atoms with E-state index in [1.54, 1.807) is 24.3 Å². The molecule has 0 unspecified atom stereocenters. The number of Topliss-reactive ketones (excluding diaryl/α,β-unsaturated/α-hetero) is 1. The number of nitrogens with one attached hydrogen (secondary N) is 2. The highest BCUT2D eigenvalue weighted by Crippen LogP contribution is 2.10. The maximum absolute atomic E-state index is 11.7. The fourth-order valence-electron chi connectivity index (χ4n) is 1.47. The number of alkyl halides is 1. The zero-order valence-corrected chi connectivity index (χ0v) is 12.4. The number of nitriles is 1. The van der Waals surface area contributed by atoms with Gasteiger partial charge in [-0.2, -0.15) is 5.26 Å². The molecule has 0 heterocycles. The van der Waals surface area contributed by atoms with Crippen LogP contribution in [0.15, 0.2) is 36.0 Å². The highest BCUT2D eigenvalue weighted by molar-refractivity contribution is 6.17. The van der Waals surface area contributed by atoms with Crippen molar-refractivity contribution in [3.05, 3.63) is 41.6 Å². The molecule has 0 aliphatic heterocycles. The smallest absolute Gasteiger partial charge is 0.263 e. The first-order chi connectivity index (χ1) is 10.1. The quantitative estimate of drug-likeness (QED) is 0.266. The largest absolute Gasteiger partial charge is 0.360 e. The van der Waals surface area contributed by atoms with Crippen molar-refractivity contribution in [1.82, 2.24) is 5.32 Å². The van der Waals surface area contributed by atoms with Gasteiger partial charge < -0.3 is 10.6 Å². The Balaban J connectivity index is 2.65. The third-order valence-corrected chi connectivity index (χ3v) is 2.90. The summed E-state index contributed by atoms with van der Waals surface area (Å²) in [6, 6.07) is 8.58. The van der Waals surface area contributed by atoms with Gasteiger partial charge in [-0.05, 0) is 37.6 Å². The van der Waals surface area contributed by atoms with Crippen molar-refractivity contribution in [3.63, 3.8) is 0 Å². The molecule has 1 rings (SSSR count). The van der Waals surface area contributed by atoms with Gasteiger partial charge in [0.05, 0.1) is 0 Å². The van der Waals surface area contributed by atoms with Crippen LogP contribution in [-0.4, -0.2) is 24.1 Å². The van der Waals surface area contributed by atoms with Gasteiger partial charge in [-0.25, -0.2) is 0 Å². The van der Waals surface area contributed by atoms with Crippen molar-refractivity contribution < 1.29 is 9.59 Å². The van der Waals surface area contributed by atoms with Gasteiger partial charge in [0.2, 0.25) is 0 Å². The zero-order valence-electron chi connectivity index (χ0n) is 11.6. The van der Waals surface area contributed by atoms with Crippen LogP contribution in [0, 0.1) is 11.3 Å². The number of carbonyl (C=O) groups is 2. The number of ketones is 1. The zero-order chi connectivity index (χ0) is 15.7. The van der Waals surface area contributed by atoms with Crippen molar-refractivity contribution in [1.29, 1.82) is 5.26 Å². The van der Waals surface area contributed by atoms with E-state index in [1.165, 1.54) is 13.1 Å². The lowest BCUT2D eigenvalue weighted by atomic mass is 10.1. The van der Waals surface area contributed by atoms with Crippen LogP contribution in [0.2, 0.25) is 0 Å². The predicted molar refractivity (Wildman–Crippen MR) is 82.1 cm³/mol. The van der Waals surface area contributed by atoms with E-state index >= 15 is 0 Å². The van der Waals surface area contributed by atoms with Gasteiger partial charge in [0.15, 0.2) is 5.78 Å². The Bertz CT molecular complexity index is 574. The van der Waals surface area contributed by atoms with E-state index < -0.39 is 5.91 Å². The van der Waals surface area contributed by atoms with Gasteiger partial charge in [-0.3, -0.25) is 9.59 Å². The number of nitrogens with zero attached hydrogens (tertiary/aromatic N) is 1. The number of amides is 1. The van der Waals surface area contributed by atoms with Crippen LogP contribution in [0.3, 0.4) is 0 Å². The van der Waals surface area contributed by atoms with E-state index in [1.807, 2.05) is 6.07 Å². The molecule has 1 aromatic carbocycles. The molecule has 0 aromatic heterocycles. The molecule has 0 saturated heterocycles. The minimum Gasteiger partial charge on any atom is -0.360 e. The molecule has 1 amide bonds. The first-order valence-electron chi connectivity index (χ1n) is 6.40. The lowest BCUT2D eigenvalue weighted by molar-refractivity contribution is -0.117. The average Bonchev–Trinajstić information content (AvgIpc) is 2.48. The van der Waals surface area contributed by atoms with Crippen LogP contribution >= 0.6 is 11.6 Å². The third-order valence-electron chi connectivity index (χ3n) is 2.64. The van der Waals surface area contributed by atoms with E-state index in [-0.39, 0.29) is 11.4 Å². The molecular formula is C15H16ClN3O2. The number of rotatable bonds is 7. The van der Waals surface area contributed by atoms with Crippen molar-refractivity contribution in [3.8, 4) is 6.07 Å². The monoisotopic (exact) mass is 305 g/mol. The van der Waals surface area contributed by atoms with Gasteiger partial charge in [0, 0.05) is 29.9 Å². The summed E-state index contributed by atoms with van der Waals surface area (Å²) in [5, 5.41) is 14.4. The van der Waals surface area contributed by atoms with Crippen LogP contribution in [0.1, 0.15) is 23.7 Å². The molecule has 0 atom stereocenters. The molecule has 110 valence electrons. The number of benzene rings is 1. The molecule has 6 heteroatoms. The number of hydrogen-bond donors (Lipinski definition) is 2. The maximum Gasteiger partial charge on any atom is 0.263 e. The Hall–Kier alpha value is -2.32. The van der Waals surface area contributed by atoms with Gasteiger partial charge in [0.1, 0.15) is 11.6 Å². The summed E-state index contributed by atoms with van der Waals surface area (Å²) in [7, 11) is 0. The van der Waals surface area contributed by atoms with Crippen LogP contribution in [0.25, 0.3) is 0 Å². The first-order valence-corrected chi connectivity index (χ1v) is 6.94. The summed E-state index contributed by atoms with van der Waals surface area (Å²) in [6.45, 7) is 1.91. The second-order valence-corrected chi connectivity index (χ2v) is 4.62. The number of anilines is 1. The number of halogens is 1. The van der Waals surface area contributed by atoms with Crippen LogP contribution in [0.4, 0.5) is 5.69 Å². The second kappa shape index (κ2) is 8.77. The standard InChI is InChI=1S/C15H16ClN3O2/c1-11(20)12-3-5-14(6-4-12)19-10-13(9-17)15(21)18-8-2-7-16/h3-6,10,19H,2,7-8H2,1H3,(H,18,21)/b13-10-. The van der Waals surface area contributed by atoms with E-state index in [4.69, 9.17) is 16.9 Å². The molecule has 0 aliphatic rings. The summed E-state index contributed by atoms with van der Waals surface area (Å²) in [5.41, 5.74) is 1.25. The Labute approximate surface area is 128 Å². The minimum atomic E-state index is -0.449. The molecule has 0 bridgehead atoms. The van der Waals surface area contributed by atoms with Crippen LogP contribution in [-0.2, 0) is 4.79 Å². The predicted octanol–water partition coefficient (Wildman–Crippen LogP) is 2.45. The normalized spacial score (nSPS) is 10.6. The van der Waals surface area contributed by atoms with E-state index in [2.05, 4.69) is 10.6 Å². The van der Waals surface area contributed by atoms with E-state index in [0.717, 1.165) is 0 Å². The number of carbonyl (C=O) groups excluding carboxylic acids is 2. The minimum absolute atomic E-state index is 0.0199. The first kappa shape index (κ1) is 16.7. The summed E-state index contributed by atoms with van der Waals surface area (Å²) in [6.07, 6.45) is 1.98. The molecule has 5 nitrogen and oxygen atoms in total. The topological polar surface area (TPSA) is 82.0 Å².